The molecule has 1 heterocycles. The van der Waals surface area contributed by atoms with E-state index in [0.29, 0.717) is 12.8 Å². The maximum atomic E-state index is 12.8. The molecule has 4 nitrogen and oxygen atoms in total. The van der Waals surface area contributed by atoms with Crippen molar-refractivity contribution in [2.24, 2.45) is 0 Å². The van der Waals surface area contributed by atoms with E-state index in [1.54, 1.807) is 14.2 Å². The first-order valence-electron chi connectivity index (χ1n) is 8.77. The SMILES string of the molecule is COc1cc(CCC(=O)N2CCCC2c2ccccc2)cc(OC)c1. The molecular formula is C21H25NO3. The summed E-state index contributed by atoms with van der Waals surface area (Å²) in [6.07, 6.45) is 3.30. The number of methoxy groups -OCH3 is 2. The van der Waals surface area contributed by atoms with Gasteiger partial charge in [0.15, 0.2) is 0 Å². The number of aryl methyl sites for hydroxylation is 1. The minimum atomic E-state index is 0.216. The molecule has 0 bridgehead atoms. The fraction of sp³-hybridized carbons (Fsp3) is 0.381. The third-order valence-corrected chi connectivity index (χ3v) is 4.80. The smallest absolute Gasteiger partial charge is 0.223 e. The van der Waals surface area contributed by atoms with Gasteiger partial charge < -0.3 is 14.4 Å². The number of nitrogens with zero attached hydrogens (tertiary/aromatic N) is 1. The van der Waals surface area contributed by atoms with Crippen molar-refractivity contribution in [1.82, 2.24) is 4.90 Å². The highest BCUT2D eigenvalue weighted by molar-refractivity contribution is 5.77. The van der Waals surface area contributed by atoms with Crippen molar-refractivity contribution in [1.29, 1.82) is 0 Å². The van der Waals surface area contributed by atoms with Crippen LogP contribution in [0.4, 0.5) is 0 Å². The van der Waals surface area contributed by atoms with E-state index in [1.165, 1.54) is 5.56 Å². The van der Waals surface area contributed by atoms with Gasteiger partial charge in [0.25, 0.3) is 0 Å². The zero-order valence-corrected chi connectivity index (χ0v) is 14.9. The quantitative estimate of drug-likeness (QED) is 0.798. The van der Waals surface area contributed by atoms with Crippen LogP contribution >= 0.6 is 0 Å². The van der Waals surface area contributed by atoms with Gasteiger partial charge in [0.2, 0.25) is 5.91 Å². The lowest BCUT2D eigenvalue weighted by atomic mass is 10.0. The van der Waals surface area contributed by atoms with Crippen LogP contribution in [0, 0.1) is 0 Å². The zero-order chi connectivity index (χ0) is 17.6. The van der Waals surface area contributed by atoms with E-state index in [4.69, 9.17) is 9.47 Å². The van der Waals surface area contributed by atoms with Gasteiger partial charge in [0.05, 0.1) is 20.3 Å². The number of carbonyl (C=O) groups is 1. The highest BCUT2D eigenvalue weighted by Gasteiger charge is 2.29. The number of hydrogen-bond donors (Lipinski definition) is 0. The average Bonchev–Trinajstić information content (AvgIpc) is 3.16. The Bertz CT molecular complexity index is 692. The van der Waals surface area contributed by atoms with Crippen molar-refractivity contribution < 1.29 is 14.3 Å². The Kier molecular flexibility index (Phi) is 5.59. The molecule has 3 rings (SSSR count). The van der Waals surface area contributed by atoms with Crippen LogP contribution in [-0.2, 0) is 11.2 Å². The van der Waals surface area contributed by atoms with Crippen LogP contribution in [0.5, 0.6) is 11.5 Å². The predicted molar refractivity (Wildman–Crippen MR) is 98.0 cm³/mol. The molecule has 1 aliphatic rings. The molecule has 0 spiro atoms. The molecule has 4 heteroatoms. The lowest BCUT2D eigenvalue weighted by molar-refractivity contribution is -0.132. The second-order valence-electron chi connectivity index (χ2n) is 6.38. The van der Waals surface area contributed by atoms with Crippen molar-refractivity contribution in [2.45, 2.75) is 31.7 Å². The third-order valence-electron chi connectivity index (χ3n) is 4.80. The zero-order valence-electron chi connectivity index (χ0n) is 14.9. The van der Waals surface area contributed by atoms with E-state index in [9.17, 15) is 4.79 Å². The van der Waals surface area contributed by atoms with Gasteiger partial charge in [-0.3, -0.25) is 4.79 Å². The standard InChI is InChI=1S/C21H25NO3/c1-24-18-13-16(14-19(15-18)25-2)10-11-21(23)22-12-6-9-20(22)17-7-4-3-5-8-17/h3-5,7-8,13-15,20H,6,9-12H2,1-2H3. The molecule has 0 radical (unpaired) electrons. The van der Waals surface area contributed by atoms with Gasteiger partial charge in [-0.05, 0) is 42.5 Å². The Balaban J connectivity index is 1.66. The summed E-state index contributed by atoms with van der Waals surface area (Å²) in [5.41, 5.74) is 2.29. The van der Waals surface area contributed by atoms with Gasteiger partial charge in [-0.2, -0.15) is 0 Å². The molecule has 0 saturated carbocycles. The van der Waals surface area contributed by atoms with Crippen LogP contribution in [0.2, 0.25) is 0 Å². The summed E-state index contributed by atoms with van der Waals surface area (Å²) in [5, 5.41) is 0. The van der Waals surface area contributed by atoms with Crippen LogP contribution in [0.3, 0.4) is 0 Å². The van der Waals surface area contributed by atoms with Gasteiger partial charge in [-0.25, -0.2) is 0 Å². The van der Waals surface area contributed by atoms with Crippen LogP contribution in [0.1, 0.15) is 36.4 Å². The Morgan fingerprint density at radius 3 is 2.40 bits per heavy atom. The first-order chi connectivity index (χ1) is 12.2. The van der Waals surface area contributed by atoms with Crippen molar-refractivity contribution in [3.8, 4) is 11.5 Å². The van der Waals surface area contributed by atoms with Crippen LogP contribution in [-0.4, -0.2) is 31.6 Å². The molecular weight excluding hydrogens is 314 g/mol. The molecule has 132 valence electrons. The molecule has 0 aliphatic carbocycles. The fourth-order valence-corrected chi connectivity index (χ4v) is 3.49. The maximum Gasteiger partial charge on any atom is 0.223 e. The van der Waals surface area contributed by atoms with Crippen LogP contribution in [0.15, 0.2) is 48.5 Å². The summed E-state index contributed by atoms with van der Waals surface area (Å²) in [7, 11) is 3.27. The van der Waals surface area contributed by atoms with Crippen molar-refractivity contribution in [2.75, 3.05) is 20.8 Å². The number of amides is 1. The number of hydrogen-bond acceptors (Lipinski definition) is 3. The first-order valence-corrected chi connectivity index (χ1v) is 8.77. The molecule has 2 aromatic carbocycles. The molecule has 25 heavy (non-hydrogen) atoms. The summed E-state index contributed by atoms with van der Waals surface area (Å²) in [4.78, 5) is 14.8. The fourth-order valence-electron chi connectivity index (χ4n) is 3.49. The van der Waals surface area contributed by atoms with E-state index in [1.807, 2.05) is 41.3 Å². The van der Waals surface area contributed by atoms with Crippen LogP contribution < -0.4 is 9.47 Å². The van der Waals surface area contributed by atoms with Crippen molar-refractivity contribution in [3.63, 3.8) is 0 Å². The van der Waals surface area contributed by atoms with Gasteiger partial charge in [-0.1, -0.05) is 30.3 Å². The van der Waals surface area contributed by atoms with Gasteiger partial charge in [-0.15, -0.1) is 0 Å². The van der Waals surface area contributed by atoms with E-state index in [0.717, 1.165) is 36.4 Å². The molecule has 1 aliphatic heterocycles. The summed E-state index contributed by atoms with van der Waals surface area (Å²) >= 11 is 0. The Morgan fingerprint density at radius 2 is 1.76 bits per heavy atom. The van der Waals surface area contributed by atoms with E-state index < -0.39 is 0 Å². The highest BCUT2D eigenvalue weighted by Crippen LogP contribution is 2.32. The molecule has 0 aromatic heterocycles. The molecule has 1 fully saturated rings. The average molecular weight is 339 g/mol. The normalized spacial score (nSPS) is 16.7. The lowest BCUT2D eigenvalue weighted by Crippen LogP contribution is -2.30. The number of likely N-dealkylation sites (tertiary alicyclic amines) is 1. The second-order valence-corrected chi connectivity index (χ2v) is 6.38. The Morgan fingerprint density at radius 1 is 1.08 bits per heavy atom. The first kappa shape index (κ1) is 17.3. The monoisotopic (exact) mass is 339 g/mol. The summed E-state index contributed by atoms with van der Waals surface area (Å²) in [5.74, 6) is 1.73. The van der Waals surface area contributed by atoms with E-state index in [2.05, 4.69) is 12.1 Å². The minimum Gasteiger partial charge on any atom is -0.497 e. The lowest BCUT2D eigenvalue weighted by Gasteiger charge is -2.25. The number of rotatable bonds is 6. The molecule has 1 amide bonds. The van der Waals surface area contributed by atoms with Gasteiger partial charge in [0, 0.05) is 19.0 Å². The number of carbonyl (C=O) groups excluding carboxylic acids is 1. The predicted octanol–water partition coefficient (Wildman–Crippen LogP) is 4.00. The largest absolute Gasteiger partial charge is 0.497 e. The Labute approximate surface area is 149 Å². The molecule has 1 unspecified atom stereocenters. The van der Waals surface area contributed by atoms with Gasteiger partial charge in [0.1, 0.15) is 11.5 Å². The summed E-state index contributed by atoms with van der Waals surface area (Å²) < 4.78 is 10.6. The summed E-state index contributed by atoms with van der Waals surface area (Å²) in [6, 6.07) is 16.3. The van der Waals surface area contributed by atoms with Crippen molar-refractivity contribution in [3.05, 3.63) is 59.7 Å². The molecule has 2 aromatic rings. The van der Waals surface area contributed by atoms with Crippen molar-refractivity contribution >= 4 is 5.91 Å². The van der Waals surface area contributed by atoms with Crippen LogP contribution in [0.25, 0.3) is 0 Å². The number of benzene rings is 2. The van der Waals surface area contributed by atoms with E-state index >= 15 is 0 Å². The maximum absolute atomic E-state index is 12.8. The molecule has 1 atom stereocenters. The topological polar surface area (TPSA) is 38.8 Å². The Hall–Kier alpha value is -2.49. The molecule has 0 N–H and O–H groups in total. The van der Waals surface area contributed by atoms with E-state index in [-0.39, 0.29) is 11.9 Å². The summed E-state index contributed by atoms with van der Waals surface area (Å²) in [6.45, 7) is 0.847. The minimum absolute atomic E-state index is 0.216. The number of ether oxygens (including phenoxy) is 2. The third kappa shape index (κ3) is 4.13. The van der Waals surface area contributed by atoms with Gasteiger partial charge >= 0.3 is 0 Å². The second kappa shape index (κ2) is 8.06. The highest BCUT2D eigenvalue weighted by atomic mass is 16.5. The molecule has 1 saturated heterocycles.